The Bertz CT molecular complexity index is 833. The van der Waals surface area contributed by atoms with Crippen LogP contribution in [0.1, 0.15) is 49.6 Å². The molecular weight excluding hydrogens is 434 g/mol. The van der Waals surface area contributed by atoms with E-state index in [2.05, 4.69) is 17.6 Å². The van der Waals surface area contributed by atoms with Gasteiger partial charge in [0.15, 0.2) is 5.13 Å². The fourth-order valence-electron chi connectivity index (χ4n) is 5.54. The first-order chi connectivity index (χ1) is 15.2. The van der Waals surface area contributed by atoms with E-state index in [-0.39, 0.29) is 48.7 Å². The van der Waals surface area contributed by atoms with Gasteiger partial charge >= 0.3 is 0 Å². The maximum absolute atomic E-state index is 12.8. The van der Waals surface area contributed by atoms with Gasteiger partial charge in [-0.25, -0.2) is 4.98 Å². The molecule has 9 nitrogen and oxygen atoms in total. The first kappa shape index (κ1) is 25.0. The molecule has 5 atom stereocenters. The molecule has 1 aromatic rings. The summed E-state index contributed by atoms with van der Waals surface area (Å²) in [5, 5.41) is 27.2. The summed E-state index contributed by atoms with van der Waals surface area (Å²) in [6.45, 7) is 4.75. The van der Waals surface area contributed by atoms with E-state index in [0.717, 1.165) is 17.0 Å². The van der Waals surface area contributed by atoms with E-state index in [1.54, 1.807) is 7.11 Å². The number of aliphatic hydroxyl groups is 2. The van der Waals surface area contributed by atoms with Crippen molar-refractivity contribution < 1.29 is 29.3 Å². The minimum Gasteiger partial charge on any atom is -0.396 e. The molecule has 0 aliphatic heterocycles. The number of methoxy groups -OCH3 is 2. The van der Waals surface area contributed by atoms with E-state index in [4.69, 9.17) is 14.5 Å². The van der Waals surface area contributed by atoms with Crippen molar-refractivity contribution in [1.29, 1.82) is 0 Å². The highest BCUT2D eigenvalue weighted by molar-refractivity contribution is 7.15. The maximum atomic E-state index is 12.8. The zero-order valence-electron chi connectivity index (χ0n) is 19.3. The summed E-state index contributed by atoms with van der Waals surface area (Å²) in [6, 6.07) is 0. The minimum absolute atomic E-state index is 0.0315. The first-order valence-corrected chi connectivity index (χ1v) is 11.8. The van der Waals surface area contributed by atoms with E-state index in [0.29, 0.717) is 31.1 Å². The Morgan fingerprint density at radius 2 is 2.00 bits per heavy atom. The number of aliphatic hydroxyl groups excluding tert-OH is 2. The second-order valence-corrected chi connectivity index (χ2v) is 10.5. The quantitative estimate of drug-likeness (QED) is 0.401. The van der Waals surface area contributed by atoms with Crippen LogP contribution in [0.2, 0.25) is 0 Å². The number of thiazole rings is 1. The number of amides is 2. The molecule has 0 spiro atoms. The van der Waals surface area contributed by atoms with Crippen LogP contribution in [0.15, 0.2) is 0 Å². The van der Waals surface area contributed by atoms with Gasteiger partial charge in [0.05, 0.1) is 25.0 Å². The Kier molecular flexibility index (Phi) is 7.93. The van der Waals surface area contributed by atoms with Crippen molar-refractivity contribution >= 4 is 28.3 Å². The molecule has 2 aliphatic carbocycles. The van der Waals surface area contributed by atoms with Gasteiger partial charge in [-0.15, -0.1) is 11.3 Å². The summed E-state index contributed by atoms with van der Waals surface area (Å²) >= 11 is 1.40. The average molecular weight is 470 g/mol. The van der Waals surface area contributed by atoms with Crippen LogP contribution in [0.3, 0.4) is 0 Å². The van der Waals surface area contributed by atoms with Crippen LogP contribution in [0.25, 0.3) is 0 Å². The molecular formula is C22H35N3O6S. The summed E-state index contributed by atoms with van der Waals surface area (Å²) in [5.74, 6) is -0.598. The number of hydrogen-bond donors (Lipinski definition) is 4. The van der Waals surface area contributed by atoms with Crippen molar-refractivity contribution in [1.82, 2.24) is 10.3 Å². The third-order valence-corrected chi connectivity index (χ3v) is 8.44. The fraction of sp³-hybridized carbons (Fsp3) is 0.773. The molecule has 32 heavy (non-hydrogen) atoms. The summed E-state index contributed by atoms with van der Waals surface area (Å²) in [6.07, 6.45) is 1.56. The fourth-order valence-corrected chi connectivity index (χ4v) is 6.62. The zero-order chi connectivity index (χ0) is 23.5. The Balaban J connectivity index is 1.97. The third kappa shape index (κ3) is 4.70. The molecule has 0 saturated heterocycles. The molecule has 180 valence electrons. The Morgan fingerprint density at radius 3 is 2.66 bits per heavy atom. The molecule has 3 rings (SSSR count). The maximum Gasteiger partial charge on any atom is 0.252 e. The van der Waals surface area contributed by atoms with Gasteiger partial charge in [-0.2, -0.15) is 0 Å². The predicted molar refractivity (Wildman–Crippen MR) is 121 cm³/mol. The number of anilines is 1. The molecule has 0 radical (unpaired) electrons. The second kappa shape index (κ2) is 10.1. The smallest absolute Gasteiger partial charge is 0.252 e. The minimum atomic E-state index is -0.682. The van der Waals surface area contributed by atoms with Crippen LogP contribution >= 0.6 is 11.3 Å². The van der Waals surface area contributed by atoms with Gasteiger partial charge in [-0.05, 0) is 30.6 Å². The number of hydrogen-bond acceptors (Lipinski definition) is 8. The molecule has 0 bridgehead atoms. The molecule has 1 saturated carbocycles. The number of nitrogens with one attached hydrogen (secondary N) is 2. The summed E-state index contributed by atoms with van der Waals surface area (Å²) < 4.78 is 9.92. The highest BCUT2D eigenvalue weighted by atomic mass is 32.1. The van der Waals surface area contributed by atoms with Gasteiger partial charge in [0.2, 0.25) is 5.91 Å². The molecule has 1 heterocycles. The lowest BCUT2D eigenvalue weighted by Gasteiger charge is -2.58. The van der Waals surface area contributed by atoms with E-state index >= 15 is 0 Å². The summed E-state index contributed by atoms with van der Waals surface area (Å²) in [4.78, 5) is 30.6. The van der Waals surface area contributed by atoms with Gasteiger partial charge in [0.1, 0.15) is 6.61 Å². The molecule has 2 amide bonds. The SMILES string of the molecule is COCCNC(=O)C[C@@H]1c2nc(NC(=O)COC)sc2C[C@@H]2[C@](C)(CO)[C@H](O)CC[C@]21C. The predicted octanol–water partition coefficient (Wildman–Crippen LogP) is 1.30. The van der Waals surface area contributed by atoms with Crippen molar-refractivity contribution in [3.8, 4) is 0 Å². The monoisotopic (exact) mass is 469 g/mol. The van der Waals surface area contributed by atoms with Gasteiger partial charge in [0.25, 0.3) is 5.91 Å². The molecule has 4 N–H and O–H groups in total. The van der Waals surface area contributed by atoms with Gasteiger partial charge in [-0.1, -0.05) is 13.8 Å². The van der Waals surface area contributed by atoms with Gasteiger partial charge in [0, 0.05) is 43.4 Å². The molecule has 10 heteroatoms. The highest BCUT2D eigenvalue weighted by Crippen LogP contribution is 2.62. The molecule has 1 aromatic heterocycles. The number of rotatable bonds is 9. The zero-order valence-corrected chi connectivity index (χ0v) is 20.1. The Hall–Kier alpha value is -1.59. The third-order valence-electron chi connectivity index (χ3n) is 7.43. The lowest BCUT2D eigenvalue weighted by molar-refractivity contribution is -0.144. The van der Waals surface area contributed by atoms with Gasteiger partial charge in [-0.3, -0.25) is 14.9 Å². The van der Waals surface area contributed by atoms with E-state index < -0.39 is 11.5 Å². The van der Waals surface area contributed by atoms with Crippen molar-refractivity contribution in [3.05, 3.63) is 10.6 Å². The van der Waals surface area contributed by atoms with Crippen molar-refractivity contribution in [2.75, 3.05) is 45.9 Å². The summed E-state index contributed by atoms with van der Waals surface area (Å²) in [5.41, 5.74) is -0.177. The van der Waals surface area contributed by atoms with E-state index in [1.165, 1.54) is 18.4 Å². The normalized spacial score (nSPS) is 31.5. The molecule has 2 aliphatic rings. The van der Waals surface area contributed by atoms with Crippen molar-refractivity contribution in [2.45, 2.75) is 51.6 Å². The van der Waals surface area contributed by atoms with Crippen LogP contribution in [0.4, 0.5) is 5.13 Å². The van der Waals surface area contributed by atoms with Crippen LogP contribution in [-0.4, -0.2) is 73.7 Å². The van der Waals surface area contributed by atoms with Crippen LogP contribution in [0, 0.1) is 16.7 Å². The molecule has 0 aromatic carbocycles. The highest BCUT2D eigenvalue weighted by Gasteiger charge is 2.59. The van der Waals surface area contributed by atoms with Crippen LogP contribution in [-0.2, 0) is 25.5 Å². The number of carbonyl (C=O) groups is 2. The standard InChI is InChI=1S/C22H35N3O6S/c1-21-6-5-16(27)22(2,12-26)15(21)10-14-19(13(21)9-17(28)23-7-8-30-3)25-20(32-14)24-18(29)11-31-4/h13,15-16,26-27H,5-12H2,1-4H3,(H,23,28)(H,24,25,29)/t13-,15+,16-,21+,22+/m1/s1. The first-order valence-electron chi connectivity index (χ1n) is 11.0. The number of aromatic nitrogens is 1. The number of carbonyl (C=O) groups excluding carboxylic acids is 2. The van der Waals surface area contributed by atoms with Gasteiger partial charge < -0.3 is 25.0 Å². The Labute approximate surface area is 192 Å². The van der Waals surface area contributed by atoms with Crippen LogP contribution in [0.5, 0.6) is 0 Å². The lowest BCUT2D eigenvalue weighted by atomic mass is 9.47. The van der Waals surface area contributed by atoms with Crippen LogP contribution < -0.4 is 10.6 Å². The second-order valence-electron chi connectivity index (χ2n) is 9.39. The number of ether oxygens (including phenoxy) is 2. The summed E-state index contributed by atoms with van der Waals surface area (Å²) in [7, 11) is 3.04. The number of nitrogens with zero attached hydrogens (tertiary/aromatic N) is 1. The topological polar surface area (TPSA) is 130 Å². The molecule has 1 fully saturated rings. The van der Waals surface area contributed by atoms with Crippen molar-refractivity contribution in [2.24, 2.45) is 16.7 Å². The van der Waals surface area contributed by atoms with E-state index in [1.807, 2.05) is 6.92 Å². The Morgan fingerprint density at radius 1 is 1.25 bits per heavy atom. The lowest BCUT2D eigenvalue weighted by Crippen LogP contribution is -2.57. The average Bonchev–Trinajstić information content (AvgIpc) is 3.15. The number of fused-ring (bicyclic) bond motifs is 2. The molecule has 0 unspecified atom stereocenters. The van der Waals surface area contributed by atoms with Crippen molar-refractivity contribution in [3.63, 3.8) is 0 Å². The largest absolute Gasteiger partial charge is 0.396 e. The van der Waals surface area contributed by atoms with E-state index in [9.17, 15) is 19.8 Å².